The highest BCUT2D eigenvalue weighted by molar-refractivity contribution is 5.80. The Balaban J connectivity index is 1.15. The van der Waals surface area contributed by atoms with E-state index < -0.39 is 0 Å². The van der Waals surface area contributed by atoms with Crippen LogP contribution in [0.15, 0.2) is 78.0 Å². The van der Waals surface area contributed by atoms with Crippen LogP contribution in [-0.4, -0.2) is 77.5 Å². The average Bonchev–Trinajstić information content (AvgIpc) is 3.54. The first-order chi connectivity index (χ1) is 16.3. The molecule has 0 saturated carbocycles. The second-order valence-electron chi connectivity index (χ2n) is 8.68. The summed E-state index contributed by atoms with van der Waals surface area (Å²) < 4.78 is 8.01. The smallest absolute Gasteiger partial charge is 0.193 e. The molecule has 2 saturated heterocycles. The van der Waals surface area contributed by atoms with Gasteiger partial charge in [-0.15, -0.1) is 0 Å². The quantitative estimate of drug-likeness (QED) is 0.468. The average molecular weight is 445 g/mol. The molecule has 2 unspecified atom stereocenters. The van der Waals surface area contributed by atoms with Crippen LogP contribution in [-0.2, 0) is 17.7 Å². The molecule has 1 aromatic heterocycles. The molecule has 2 fully saturated rings. The van der Waals surface area contributed by atoms with E-state index in [4.69, 9.17) is 4.74 Å². The molecule has 2 aromatic carbocycles. The number of ether oxygens (including phenoxy) is 1. The summed E-state index contributed by atoms with van der Waals surface area (Å²) in [6, 6.07) is 21.6. The van der Waals surface area contributed by atoms with Crippen molar-refractivity contribution in [3.63, 3.8) is 0 Å². The molecule has 5 rings (SSSR count). The van der Waals surface area contributed by atoms with Crippen molar-refractivity contribution in [3.8, 4) is 5.69 Å². The van der Waals surface area contributed by atoms with Gasteiger partial charge in [0, 0.05) is 52.2 Å². The van der Waals surface area contributed by atoms with Gasteiger partial charge in [-0.1, -0.05) is 42.5 Å². The largest absolute Gasteiger partial charge is 0.373 e. The predicted molar refractivity (Wildman–Crippen MR) is 131 cm³/mol. The summed E-state index contributed by atoms with van der Waals surface area (Å²) in [5.41, 5.74) is 3.73. The van der Waals surface area contributed by atoms with Crippen LogP contribution in [0, 0.1) is 0 Å². The summed E-state index contributed by atoms with van der Waals surface area (Å²) in [4.78, 5) is 9.48. The highest BCUT2D eigenvalue weighted by atomic mass is 16.5. The zero-order valence-electron chi connectivity index (χ0n) is 19.2. The summed E-state index contributed by atoms with van der Waals surface area (Å²) in [6.07, 6.45) is 4.93. The predicted octanol–water partition coefficient (Wildman–Crippen LogP) is 2.58. The number of aliphatic imine (C=N–C) groups is 1. The van der Waals surface area contributed by atoms with E-state index in [1.807, 2.05) is 24.0 Å². The number of fused-ring (bicyclic) bond motifs is 1. The number of aromatic nitrogens is 2. The maximum atomic E-state index is 6.14. The van der Waals surface area contributed by atoms with Gasteiger partial charge in [-0.25, -0.2) is 4.68 Å². The number of nitrogens with zero attached hydrogens (tertiary/aromatic N) is 5. The van der Waals surface area contributed by atoms with Crippen LogP contribution in [0.5, 0.6) is 0 Å². The monoisotopic (exact) mass is 444 g/mol. The number of benzene rings is 2. The molecule has 172 valence electrons. The number of hydrogen-bond donors (Lipinski definition) is 1. The van der Waals surface area contributed by atoms with Crippen LogP contribution < -0.4 is 5.32 Å². The van der Waals surface area contributed by atoms with Crippen LogP contribution in [0.3, 0.4) is 0 Å². The number of guanidine groups is 1. The molecule has 3 heterocycles. The number of morpholine rings is 1. The molecule has 2 atom stereocenters. The van der Waals surface area contributed by atoms with Crippen molar-refractivity contribution in [1.82, 2.24) is 24.9 Å². The maximum absolute atomic E-state index is 6.14. The lowest BCUT2D eigenvalue weighted by Crippen LogP contribution is -2.50. The zero-order chi connectivity index (χ0) is 22.5. The number of rotatable bonds is 6. The molecule has 7 nitrogen and oxygen atoms in total. The van der Waals surface area contributed by atoms with E-state index in [0.29, 0.717) is 6.04 Å². The Morgan fingerprint density at radius 2 is 1.91 bits per heavy atom. The van der Waals surface area contributed by atoms with Crippen LogP contribution >= 0.6 is 0 Å². The molecule has 0 aliphatic carbocycles. The molecular weight excluding hydrogens is 412 g/mol. The second kappa shape index (κ2) is 10.2. The zero-order valence-corrected chi connectivity index (χ0v) is 19.2. The van der Waals surface area contributed by atoms with Crippen molar-refractivity contribution in [2.45, 2.75) is 25.1 Å². The second-order valence-corrected chi connectivity index (χ2v) is 8.68. The molecule has 33 heavy (non-hydrogen) atoms. The van der Waals surface area contributed by atoms with Crippen molar-refractivity contribution >= 4 is 5.96 Å². The molecule has 0 amide bonds. The molecule has 1 N–H and O–H groups in total. The topological polar surface area (TPSA) is 57.9 Å². The Hall–Kier alpha value is -3.16. The van der Waals surface area contributed by atoms with Gasteiger partial charge in [-0.2, -0.15) is 5.10 Å². The number of likely N-dealkylation sites (tertiary alicyclic amines) is 1. The van der Waals surface area contributed by atoms with Crippen molar-refractivity contribution in [2.75, 3.05) is 39.8 Å². The highest BCUT2D eigenvalue weighted by Gasteiger charge is 2.41. The van der Waals surface area contributed by atoms with E-state index in [-0.39, 0.29) is 6.10 Å². The van der Waals surface area contributed by atoms with Crippen LogP contribution in [0.1, 0.15) is 11.1 Å². The van der Waals surface area contributed by atoms with Gasteiger partial charge >= 0.3 is 0 Å². The third kappa shape index (κ3) is 5.10. The van der Waals surface area contributed by atoms with E-state index in [2.05, 4.69) is 79.8 Å². The van der Waals surface area contributed by atoms with Gasteiger partial charge in [0.2, 0.25) is 0 Å². The third-order valence-corrected chi connectivity index (χ3v) is 6.56. The minimum atomic E-state index is 0.232. The van der Waals surface area contributed by atoms with Gasteiger partial charge < -0.3 is 15.0 Å². The SMILES string of the molecule is CN=C(NCCc1ccc(-n2cccn2)cc1)N1CC2OCCN(Cc3ccccc3)C2C1. The van der Waals surface area contributed by atoms with E-state index in [1.54, 1.807) is 6.20 Å². The molecular formula is C26H32N6O. The third-order valence-electron chi connectivity index (χ3n) is 6.56. The van der Waals surface area contributed by atoms with Crippen molar-refractivity contribution in [3.05, 3.63) is 84.2 Å². The lowest BCUT2D eigenvalue weighted by molar-refractivity contribution is -0.0502. The first-order valence-corrected chi connectivity index (χ1v) is 11.7. The van der Waals surface area contributed by atoms with E-state index in [9.17, 15) is 0 Å². The van der Waals surface area contributed by atoms with Gasteiger partial charge in [0.05, 0.1) is 24.4 Å². The summed E-state index contributed by atoms with van der Waals surface area (Å²) in [7, 11) is 1.87. The lowest BCUT2D eigenvalue weighted by Gasteiger charge is -2.36. The Kier molecular flexibility index (Phi) is 6.69. The minimum Gasteiger partial charge on any atom is -0.373 e. The lowest BCUT2D eigenvalue weighted by atomic mass is 10.1. The minimum absolute atomic E-state index is 0.232. The summed E-state index contributed by atoms with van der Waals surface area (Å²) in [6.45, 7) is 5.41. The highest BCUT2D eigenvalue weighted by Crippen LogP contribution is 2.24. The van der Waals surface area contributed by atoms with Gasteiger partial charge in [-0.3, -0.25) is 9.89 Å². The molecule has 0 bridgehead atoms. The van der Waals surface area contributed by atoms with E-state index in [0.717, 1.165) is 57.4 Å². The van der Waals surface area contributed by atoms with Crippen molar-refractivity contribution in [1.29, 1.82) is 0 Å². The molecule has 2 aliphatic rings. The van der Waals surface area contributed by atoms with Crippen molar-refractivity contribution < 1.29 is 4.74 Å². The summed E-state index contributed by atoms with van der Waals surface area (Å²) in [5, 5.41) is 7.85. The first-order valence-electron chi connectivity index (χ1n) is 11.7. The fourth-order valence-electron chi connectivity index (χ4n) is 4.83. The summed E-state index contributed by atoms with van der Waals surface area (Å²) >= 11 is 0. The molecule has 7 heteroatoms. The van der Waals surface area contributed by atoms with Gasteiger partial charge in [0.15, 0.2) is 5.96 Å². The molecule has 3 aromatic rings. The van der Waals surface area contributed by atoms with E-state index >= 15 is 0 Å². The summed E-state index contributed by atoms with van der Waals surface area (Å²) in [5.74, 6) is 0.959. The first kappa shape index (κ1) is 21.7. The fraction of sp³-hybridized carbons (Fsp3) is 0.385. The normalized spacial score (nSPS) is 21.2. The Morgan fingerprint density at radius 1 is 1.06 bits per heavy atom. The standard InChI is InChI=1S/C26H32N6O/c1-27-26(28-14-12-21-8-10-23(11-9-21)32-15-5-13-29-32)31-19-24-25(20-31)33-17-16-30(24)18-22-6-3-2-4-7-22/h2-11,13,15,24-25H,12,14,16-20H2,1H3,(H,27,28). The number of nitrogens with one attached hydrogen (secondary N) is 1. The molecule has 2 aliphatic heterocycles. The van der Waals surface area contributed by atoms with Gasteiger partial charge in [0.1, 0.15) is 0 Å². The number of hydrogen-bond acceptors (Lipinski definition) is 4. The van der Waals surface area contributed by atoms with Gasteiger partial charge in [0.25, 0.3) is 0 Å². The van der Waals surface area contributed by atoms with Crippen LogP contribution in [0.2, 0.25) is 0 Å². The Bertz CT molecular complexity index is 1030. The Labute approximate surface area is 195 Å². The fourth-order valence-corrected chi connectivity index (χ4v) is 4.83. The van der Waals surface area contributed by atoms with Crippen molar-refractivity contribution in [2.24, 2.45) is 4.99 Å². The maximum Gasteiger partial charge on any atom is 0.193 e. The van der Waals surface area contributed by atoms with Crippen LogP contribution in [0.25, 0.3) is 5.69 Å². The van der Waals surface area contributed by atoms with Gasteiger partial charge in [-0.05, 0) is 35.7 Å². The van der Waals surface area contributed by atoms with E-state index in [1.165, 1.54) is 11.1 Å². The molecule has 0 spiro atoms. The Morgan fingerprint density at radius 3 is 2.67 bits per heavy atom. The van der Waals surface area contributed by atoms with Crippen LogP contribution in [0.4, 0.5) is 0 Å². The molecule has 0 radical (unpaired) electrons.